The molecule has 2 N–H and O–H groups in total. The van der Waals surface area contributed by atoms with Crippen LogP contribution in [0.1, 0.15) is 24.3 Å². The van der Waals surface area contributed by atoms with Crippen LogP contribution < -0.4 is 20.1 Å². The predicted molar refractivity (Wildman–Crippen MR) is 105 cm³/mol. The lowest BCUT2D eigenvalue weighted by Gasteiger charge is -2.40. The van der Waals surface area contributed by atoms with E-state index in [-0.39, 0.29) is 17.8 Å². The fourth-order valence-corrected chi connectivity index (χ4v) is 3.72. The molecule has 1 fully saturated rings. The van der Waals surface area contributed by atoms with Gasteiger partial charge >= 0.3 is 0 Å². The normalized spacial score (nSPS) is 19.5. The lowest BCUT2D eigenvalue weighted by atomic mass is 10.1. The van der Waals surface area contributed by atoms with Crippen molar-refractivity contribution in [3.63, 3.8) is 0 Å². The van der Waals surface area contributed by atoms with Crippen LogP contribution in [-0.2, 0) is 7.05 Å². The van der Waals surface area contributed by atoms with E-state index in [0.717, 1.165) is 0 Å². The van der Waals surface area contributed by atoms with Crippen LogP contribution in [0.25, 0.3) is 11.3 Å². The first-order valence-electron chi connectivity index (χ1n) is 9.42. The van der Waals surface area contributed by atoms with E-state index < -0.39 is 11.9 Å². The van der Waals surface area contributed by atoms with Crippen LogP contribution in [0, 0.1) is 17.1 Å². The lowest BCUT2D eigenvalue weighted by Crippen LogP contribution is -2.54. The molecule has 1 aromatic carbocycles. The predicted octanol–water partition coefficient (Wildman–Crippen LogP) is 2.19. The van der Waals surface area contributed by atoms with Crippen molar-refractivity contribution >= 4 is 11.6 Å². The van der Waals surface area contributed by atoms with E-state index in [1.54, 1.807) is 20.0 Å². The van der Waals surface area contributed by atoms with Gasteiger partial charge in [0.15, 0.2) is 11.6 Å². The Hall–Kier alpha value is -3.87. The molecule has 3 aliphatic rings. The molecule has 3 aromatic rings. The Labute approximate surface area is 171 Å². The molecule has 0 saturated carbocycles. The summed E-state index contributed by atoms with van der Waals surface area (Å²) in [5.41, 5.74) is 7.88. The molecule has 1 unspecified atom stereocenters. The van der Waals surface area contributed by atoms with E-state index in [1.165, 1.54) is 23.0 Å². The van der Waals surface area contributed by atoms with Gasteiger partial charge in [0.2, 0.25) is 0 Å². The molecule has 5 heterocycles. The fraction of sp³-hybridized carbons (Fsp3) is 0.300. The highest BCUT2D eigenvalue weighted by atomic mass is 19.1. The minimum atomic E-state index is -0.594. The molecule has 30 heavy (non-hydrogen) atoms. The number of aryl methyl sites for hydroxylation is 1. The number of rotatable bonds is 0. The maximum atomic E-state index is 13.9. The Kier molecular flexibility index (Phi) is 3.99. The summed E-state index contributed by atoms with van der Waals surface area (Å²) in [5, 5.41) is 14.2. The standard InChI is InChI=1S/C20H18FN7O2/c1-10-13-5-11(21)3-4-16(13)30-12-8-28(9-12)19-17(15(6-22)27(2)26-19)14-7-24-18(23)20(25-14)29-10/h3-5,7,10,12H,8-9H2,1-2H3,(H2,23,24). The summed E-state index contributed by atoms with van der Waals surface area (Å²) in [7, 11) is 1.71. The number of ether oxygens (including phenoxy) is 2. The van der Waals surface area contributed by atoms with Gasteiger partial charge in [0.1, 0.15) is 35.5 Å². The van der Waals surface area contributed by atoms with Crippen molar-refractivity contribution < 1.29 is 13.9 Å². The van der Waals surface area contributed by atoms with Gasteiger partial charge in [-0.3, -0.25) is 4.68 Å². The van der Waals surface area contributed by atoms with E-state index in [1.807, 2.05) is 4.90 Å². The van der Waals surface area contributed by atoms with Gasteiger partial charge in [-0.15, -0.1) is 0 Å². The minimum absolute atomic E-state index is 0.0906. The first-order chi connectivity index (χ1) is 14.4. The summed E-state index contributed by atoms with van der Waals surface area (Å²) in [6.45, 7) is 2.89. The zero-order chi connectivity index (χ0) is 21.0. The van der Waals surface area contributed by atoms with Crippen LogP contribution in [0.15, 0.2) is 24.4 Å². The number of aromatic nitrogens is 4. The molecule has 0 spiro atoms. The minimum Gasteiger partial charge on any atom is -0.486 e. The number of nitrogens with zero attached hydrogens (tertiary/aromatic N) is 6. The third kappa shape index (κ3) is 2.78. The van der Waals surface area contributed by atoms with Crippen molar-refractivity contribution in [2.75, 3.05) is 23.7 Å². The van der Waals surface area contributed by atoms with Crippen LogP contribution >= 0.6 is 0 Å². The Bertz CT molecular complexity index is 1200. The lowest BCUT2D eigenvalue weighted by molar-refractivity contribution is 0.155. The number of nitriles is 1. The first-order valence-corrected chi connectivity index (χ1v) is 9.42. The molecule has 1 atom stereocenters. The highest BCUT2D eigenvalue weighted by molar-refractivity contribution is 5.79. The number of benzene rings is 1. The van der Waals surface area contributed by atoms with Crippen molar-refractivity contribution in [1.82, 2.24) is 19.7 Å². The topological polar surface area (TPSA) is 115 Å². The molecular weight excluding hydrogens is 389 g/mol. The molecular formula is C20H18FN7O2. The largest absolute Gasteiger partial charge is 0.486 e. The van der Waals surface area contributed by atoms with E-state index >= 15 is 0 Å². The van der Waals surface area contributed by atoms with Gasteiger partial charge in [0.25, 0.3) is 5.88 Å². The monoisotopic (exact) mass is 407 g/mol. The third-order valence-corrected chi connectivity index (χ3v) is 5.30. The van der Waals surface area contributed by atoms with Gasteiger partial charge in [-0.2, -0.15) is 10.4 Å². The Balaban J connectivity index is 1.69. The van der Waals surface area contributed by atoms with Crippen molar-refractivity contribution in [2.45, 2.75) is 19.1 Å². The summed E-state index contributed by atoms with van der Waals surface area (Å²) >= 11 is 0. The van der Waals surface area contributed by atoms with Crippen molar-refractivity contribution in [1.29, 1.82) is 5.26 Å². The quantitative estimate of drug-likeness (QED) is 0.603. The Morgan fingerprint density at radius 2 is 2.10 bits per heavy atom. The second kappa shape index (κ2) is 6.59. The smallest absolute Gasteiger partial charge is 0.258 e. The average Bonchev–Trinajstić information content (AvgIpc) is 3.02. The van der Waals surface area contributed by atoms with Crippen LogP contribution in [-0.4, -0.2) is 38.9 Å². The highest BCUT2D eigenvalue weighted by Crippen LogP contribution is 2.39. The fourth-order valence-electron chi connectivity index (χ4n) is 3.72. The summed E-state index contributed by atoms with van der Waals surface area (Å²) < 4.78 is 27.5. The molecule has 6 rings (SSSR count). The van der Waals surface area contributed by atoms with E-state index in [9.17, 15) is 9.65 Å². The SMILES string of the molecule is CC1Oc2nc(cnc2N)-c2c(nn(C)c2C#N)N2CC(C2)Oc2ccc(F)cc21. The van der Waals surface area contributed by atoms with Gasteiger partial charge < -0.3 is 20.1 Å². The highest BCUT2D eigenvalue weighted by Gasteiger charge is 2.35. The number of nitrogen functional groups attached to an aromatic ring is 1. The van der Waals surface area contributed by atoms with Gasteiger partial charge in [0, 0.05) is 12.6 Å². The second-order valence-corrected chi connectivity index (χ2v) is 7.32. The Morgan fingerprint density at radius 1 is 1.30 bits per heavy atom. The van der Waals surface area contributed by atoms with Gasteiger partial charge in [-0.1, -0.05) is 0 Å². The number of hydrogen-bond acceptors (Lipinski definition) is 8. The van der Waals surface area contributed by atoms with Crippen LogP contribution in [0.2, 0.25) is 0 Å². The summed E-state index contributed by atoms with van der Waals surface area (Å²) in [6.07, 6.45) is 0.792. The number of nitrogens with two attached hydrogens (primary N) is 1. The molecule has 2 aromatic heterocycles. The van der Waals surface area contributed by atoms with Crippen molar-refractivity contribution in [2.24, 2.45) is 7.05 Å². The van der Waals surface area contributed by atoms with Crippen LogP contribution in [0.5, 0.6) is 11.6 Å². The molecule has 9 nitrogen and oxygen atoms in total. The van der Waals surface area contributed by atoms with Crippen LogP contribution in [0.3, 0.4) is 0 Å². The Morgan fingerprint density at radius 3 is 2.87 bits per heavy atom. The zero-order valence-electron chi connectivity index (χ0n) is 16.3. The van der Waals surface area contributed by atoms with Crippen LogP contribution in [0.4, 0.5) is 16.0 Å². The summed E-state index contributed by atoms with van der Waals surface area (Å²) in [5.74, 6) is 0.944. The maximum Gasteiger partial charge on any atom is 0.258 e. The number of fused-ring (bicyclic) bond motifs is 1. The molecule has 0 amide bonds. The van der Waals surface area contributed by atoms with E-state index in [0.29, 0.717) is 47.2 Å². The van der Waals surface area contributed by atoms with Gasteiger partial charge in [0.05, 0.1) is 30.5 Å². The van der Waals surface area contributed by atoms with E-state index in [2.05, 4.69) is 21.1 Å². The summed E-state index contributed by atoms with van der Waals surface area (Å²) in [6, 6.07) is 6.51. The van der Waals surface area contributed by atoms with Crippen molar-refractivity contribution in [3.8, 4) is 29.0 Å². The molecule has 10 heteroatoms. The molecule has 0 aliphatic carbocycles. The molecule has 3 aliphatic heterocycles. The zero-order valence-corrected chi connectivity index (χ0v) is 16.3. The third-order valence-electron chi connectivity index (χ3n) is 5.30. The number of anilines is 2. The number of hydrogen-bond donors (Lipinski definition) is 1. The number of halogens is 1. The van der Waals surface area contributed by atoms with Gasteiger partial charge in [-0.25, -0.2) is 14.4 Å². The van der Waals surface area contributed by atoms with E-state index in [4.69, 9.17) is 15.2 Å². The molecule has 152 valence electrons. The maximum absolute atomic E-state index is 13.9. The van der Waals surface area contributed by atoms with Gasteiger partial charge in [-0.05, 0) is 25.1 Å². The second-order valence-electron chi connectivity index (χ2n) is 7.32. The molecule has 4 bridgehead atoms. The summed E-state index contributed by atoms with van der Waals surface area (Å²) in [4.78, 5) is 10.7. The molecule has 1 saturated heterocycles. The van der Waals surface area contributed by atoms with Crippen molar-refractivity contribution in [3.05, 3.63) is 41.5 Å². The average molecular weight is 407 g/mol. The first kappa shape index (κ1) is 18.2. The molecule has 0 radical (unpaired) electrons.